The van der Waals surface area contributed by atoms with Crippen molar-refractivity contribution in [2.75, 3.05) is 19.8 Å². The van der Waals surface area contributed by atoms with Crippen molar-refractivity contribution in [3.63, 3.8) is 0 Å². The molecule has 2 unspecified atom stereocenters. The van der Waals surface area contributed by atoms with E-state index in [9.17, 15) is 9.59 Å². The Morgan fingerprint density at radius 1 is 1.00 bits per heavy atom. The summed E-state index contributed by atoms with van der Waals surface area (Å²) in [5.41, 5.74) is 2.12. The number of benzene rings is 2. The molecule has 2 aromatic carbocycles. The summed E-state index contributed by atoms with van der Waals surface area (Å²) in [5.74, 6) is -0.645. The third kappa shape index (κ3) is 9.79. The zero-order valence-corrected chi connectivity index (χ0v) is 20.3. The molecule has 0 saturated carbocycles. The first-order valence-electron chi connectivity index (χ1n) is 10.9. The summed E-state index contributed by atoms with van der Waals surface area (Å²) in [7, 11) is 0. The lowest BCUT2D eigenvalue weighted by molar-refractivity contribution is -0.149. The molecular weight excluding hydrogens is 472 g/mol. The molecule has 6 heteroatoms. The Hall–Kier alpha value is -2.44. The molecule has 2 atom stereocenters. The SMILES string of the molecule is CCOC(=O)C=CCOCC(CCC(C)C(=O)OCc1ccccc1)c1ccc(Br)cc1. The molecule has 0 saturated heterocycles. The minimum absolute atomic E-state index is 0.128. The highest BCUT2D eigenvalue weighted by Gasteiger charge is 2.19. The summed E-state index contributed by atoms with van der Waals surface area (Å²) in [6, 6.07) is 17.8. The van der Waals surface area contributed by atoms with Crippen LogP contribution in [0.5, 0.6) is 0 Å². The third-order valence-electron chi connectivity index (χ3n) is 4.99. The van der Waals surface area contributed by atoms with Crippen LogP contribution in [0.15, 0.2) is 71.2 Å². The van der Waals surface area contributed by atoms with E-state index in [1.54, 1.807) is 13.0 Å². The van der Waals surface area contributed by atoms with Crippen LogP contribution in [0.2, 0.25) is 0 Å². The van der Waals surface area contributed by atoms with Crippen molar-refractivity contribution in [3.05, 3.63) is 82.3 Å². The second-order valence-electron chi connectivity index (χ2n) is 7.51. The highest BCUT2D eigenvalue weighted by atomic mass is 79.9. The first-order chi connectivity index (χ1) is 15.5. The Bertz CT molecular complexity index is 848. The molecule has 172 valence electrons. The molecule has 2 aromatic rings. The van der Waals surface area contributed by atoms with Crippen molar-refractivity contribution in [3.8, 4) is 0 Å². The lowest BCUT2D eigenvalue weighted by Gasteiger charge is -2.19. The number of carbonyl (C=O) groups excluding carboxylic acids is 2. The van der Waals surface area contributed by atoms with E-state index in [1.807, 2.05) is 49.4 Å². The van der Waals surface area contributed by atoms with Crippen LogP contribution < -0.4 is 0 Å². The molecule has 0 aliphatic heterocycles. The highest BCUT2D eigenvalue weighted by molar-refractivity contribution is 9.10. The van der Waals surface area contributed by atoms with Crippen molar-refractivity contribution in [1.29, 1.82) is 0 Å². The van der Waals surface area contributed by atoms with E-state index in [4.69, 9.17) is 14.2 Å². The maximum absolute atomic E-state index is 12.4. The second-order valence-corrected chi connectivity index (χ2v) is 8.43. The van der Waals surface area contributed by atoms with Gasteiger partial charge < -0.3 is 14.2 Å². The predicted octanol–water partition coefficient (Wildman–Crippen LogP) is 5.83. The number of carbonyl (C=O) groups is 2. The number of ether oxygens (including phenoxy) is 3. The van der Waals surface area contributed by atoms with Crippen LogP contribution in [0, 0.1) is 5.92 Å². The average molecular weight is 503 g/mol. The van der Waals surface area contributed by atoms with Gasteiger partial charge >= 0.3 is 11.9 Å². The minimum atomic E-state index is -0.372. The van der Waals surface area contributed by atoms with Gasteiger partial charge in [-0.2, -0.15) is 0 Å². The first-order valence-corrected chi connectivity index (χ1v) is 11.7. The number of halogens is 1. The largest absolute Gasteiger partial charge is 0.463 e. The fourth-order valence-corrected chi connectivity index (χ4v) is 3.40. The van der Waals surface area contributed by atoms with Crippen LogP contribution in [0.3, 0.4) is 0 Å². The molecule has 0 aliphatic rings. The molecule has 0 fully saturated rings. The van der Waals surface area contributed by atoms with Crippen LogP contribution in [-0.4, -0.2) is 31.8 Å². The quantitative estimate of drug-likeness (QED) is 0.196. The van der Waals surface area contributed by atoms with E-state index in [-0.39, 0.29) is 30.4 Å². The van der Waals surface area contributed by atoms with Gasteiger partial charge in [-0.05, 0) is 43.0 Å². The lowest BCUT2D eigenvalue weighted by atomic mass is 9.91. The molecule has 0 bridgehead atoms. The van der Waals surface area contributed by atoms with E-state index in [2.05, 4.69) is 28.1 Å². The van der Waals surface area contributed by atoms with Gasteiger partial charge in [0.05, 0.1) is 25.7 Å². The molecule has 0 aliphatic carbocycles. The molecule has 5 nitrogen and oxygen atoms in total. The molecule has 0 radical (unpaired) electrons. The van der Waals surface area contributed by atoms with Gasteiger partial charge in [0, 0.05) is 16.5 Å². The number of hydrogen-bond acceptors (Lipinski definition) is 5. The van der Waals surface area contributed by atoms with Crippen LogP contribution in [0.25, 0.3) is 0 Å². The van der Waals surface area contributed by atoms with E-state index >= 15 is 0 Å². The zero-order chi connectivity index (χ0) is 23.2. The maximum atomic E-state index is 12.4. The smallest absolute Gasteiger partial charge is 0.330 e. The van der Waals surface area contributed by atoms with E-state index in [0.717, 1.165) is 22.0 Å². The van der Waals surface area contributed by atoms with Crippen LogP contribution in [0.1, 0.15) is 43.7 Å². The van der Waals surface area contributed by atoms with Gasteiger partial charge in [-0.3, -0.25) is 4.79 Å². The lowest BCUT2D eigenvalue weighted by Crippen LogP contribution is -2.17. The Morgan fingerprint density at radius 3 is 2.41 bits per heavy atom. The summed E-state index contributed by atoms with van der Waals surface area (Å²) in [4.78, 5) is 23.8. The Kier molecular flexibility index (Phi) is 11.8. The summed E-state index contributed by atoms with van der Waals surface area (Å²) in [6.07, 6.45) is 4.50. The summed E-state index contributed by atoms with van der Waals surface area (Å²) >= 11 is 3.47. The van der Waals surface area contributed by atoms with Gasteiger partial charge in [0.2, 0.25) is 0 Å². The fourth-order valence-electron chi connectivity index (χ4n) is 3.13. The van der Waals surface area contributed by atoms with Gasteiger partial charge in [-0.25, -0.2) is 4.79 Å². The van der Waals surface area contributed by atoms with Crippen molar-refractivity contribution < 1.29 is 23.8 Å². The van der Waals surface area contributed by atoms with Gasteiger partial charge in [-0.15, -0.1) is 0 Å². The molecule has 0 heterocycles. The third-order valence-corrected chi connectivity index (χ3v) is 5.52. The average Bonchev–Trinajstić information content (AvgIpc) is 2.80. The normalized spacial score (nSPS) is 13.0. The van der Waals surface area contributed by atoms with E-state index in [0.29, 0.717) is 26.2 Å². The zero-order valence-electron chi connectivity index (χ0n) is 18.7. The van der Waals surface area contributed by atoms with Crippen molar-refractivity contribution in [2.45, 2.75) is 39.2 Å². The molecule has 2 rings (SSSR count). The molecular formula is C26H31BrO5. The summed E-state index contributed by atoms with van der Waals surface area (Å²) < 4.78 is 17.1. The summed E-state index contributed by atoms with van der Waals surface area (Å²) in [6.45, 7) is 5.11. The minimum Gasteiger partial charge on any atom is -0.463 e. The van der Waals surface area contributed by atoms with Crippen molar-refractivity contribution in [1.82, 2.24) is 0 Å². The van der Waals surface area contributed by atoms with Gasteiger partial charge in [0.15, 0.2) is 0 Å². The molecule has 0 aromatic heterocycles. The Morgan fingerprint density at radius 2 is 1.72 bits per heavy atom. The fraction of sp³-hybridized carbons (Fsp3) is 0.385. The van der Waals surface area contributed by atoms with Gasteiger partial charge in [0.25, 0.3) is 0 Å². The Balaban J connectivity index is 1.86. The standard InChI is InChI=1S/C26H31BrO5/c1-3-31-25(28)10-7-17-30-19-23(22-13-15-24(27)16-14-22)12-11-20(2)26(29)32-18-21-8-5-4-6-9-21/h4-10,13-16,20,23H,3,11-12,17-19H2,1-2H3. The van der Waals surface area contributed by atoms with E-state index in [1.165, 1.54) is 6.08 Å². The number of rotatable bonds is 13. The van der Waals surface area contributed by atoms with Crippen LogP contribution in [-0.2, 0) is 30.4 Å². The second kappa shape index (κ2) is 14.6. The highest BCUT2D eigenvalue weighted by Crippen LogP contribution is 2.26. The topological polar surface area (TPSA) is 61.8 Å². The van der Waals surface area contributed by atoms with Crippen LogP contribution in [0.4, 0.5) is 0 Å². The van der Waals surface area contributed by atoms with E-state index < -0.39 is 0 Å². The molecule has 0 N–H and O–H groups in total. The van der Waals surface area contributed by atoms with Crippen molar-refractivity contribution in [2.24, 2.45) is 5.92 Å². The van der Waals surface area contributed by atoms with Crippen LogP contribution >= 0.6 is 15.9 Å². The molecule has 0 amide bonds. The monoisotopic (exact) mass is 502 g/mol. The van der Waals surface area contributed by atoms with Gasteiger partial charge in [0.1, 0.15) is 6.61 Å². The maximum Gasteiger partial charge on any atom is 0.330 e. The number of hydrogen-bond donors (Lipinski definition) is 0. The van der Waals surface area contributed by atoms with Crippen molar-refractivity contribution >= 4 is 27.9 Å². The predicted molar refractivity (Wildman–Crippen MR) is 128 cm³/mol. The molecule has 32 heavy (non-hydrogen) atoms. The Labute approximate surface area is 198 Å². The summed E-state index contributed by atoms with van der Waals surface area (Å²) in [5, 5.41) is 0. The number of esters is 2. The first kappa shape index (κ1) is 25.8. The molecule has 0 spiro atoms. The van der Waals surface area contributed by atoms with Gasteiger partial charge in [-0.1, -0.05) is 71.4 Å².